The number of hydrogen-bond donors (Lipinski definition) is 1. The first-order valence-corrected chi connectivity index (χ1v) is 7.95. The van der Waals surface area contributed by atoms with Crippen LogP contribution in [0, 0.1) is 5.92 Å². The average Bonchev–Trinajstić information content (AvgIpc) is 2.90. The molecule has 0 radical (unpaired) electrons. The van der Waals surface area contributed by atoms with E-state index in [9.17, 15) is 4.79 Å². The Kier molecular flexibility index (Phi) is 3.97. The summed E-state index contributed by atoms with van der Waals surface area (Å²) in [6.07, 6.45) is 3.61. The van der Waals surface area contributed by atoms with Crippen molar-refractivity contribution in [2.24, 2.45) is 5.92 Å². The maximum atomic E-state index is 11.1. The van der Waals surface area contributed by atoms with Gasteiger partial charge in [0.25, 0.3) is 0 Å². The van der Waals surface area contributed by atoms with Gasteiger partial charge in [-0.2, -0.15) is 5.10 Å². The smallest absolute Gasteiger partial charge is 0.308 e. The second kappa shape index (κ2) is 5.75. The van der Waals surface area contributed by atoms with E-state index in [1.54, 1.807) is 0 Å². The van der Waals surface area contributed by atoms with Crippen LogP contribution in [0.2, 0.25) is 0 Å². The van der Waals surface area contributed by atoms with E-state index in [0.29, 0.717) is 24.9 Å². The van der Waals surface area contributed by atoms with E-state index in [1.807, 2.05) is 4.68 Å². The molecule has 6 nitrogen and oxygen atoms in total. The molecule has 1 aromatic rings. The minimum atomic E-state index is -0.719. The number of likely N-dealkylation sites (tertiary alicyclic amines) is 1. The van der Waals surface area contributed by atoms with Gasteiger partial charge in [0.15, 0.2) is 5.82 Å². The van der Waals surface area contributed by atoms with Crippen LogP contribution in [-0.2, 0) is 17.8 Å². The standard InChI is InChI=1S/C15H24N4O2/c1-10(2)18-7-5-11(6-8-18)14-16-13-4-3-12(15(20)21)9-19(13)17-14/h10-12H,3-9H2,1-2H3,(H,20,21). The molecule has 1 unspecified atom stereocenters. The maximum absolute atomic E-state index is 11.1. The number of carbonyl (C=O) groups is 1. The van der Waals surface area contributed by atoms with Gasteiger partial charge in [-0.1, -0.05) is 0 Å². The fourth-order valence-corrected chi connectivity index (χ4v) is 3.38. The Labute approximate surface area is 125 Å². The Morgan fingerprint density at radius 3 is 2.62 bits per heavy atom. The zero-order chi connectivity index (χ0) is 15.0. The number of piperidine rings is 1. The van der Waals surface area contributed by atoms with Crippen LogP contribution >= 0.6 is 0 Å². The number of hydrogen-bond acceptors (Lipinski definition) is 4. The summed E-state index contributed by atoms with van der Waals surface area (Å²) in [6, 6.07) is 0.602. The van der Waals surface area contributed by atoms with Crippen molar-refractivity contribution in [3.05, 3.63) is 11.6 Å². The number of rotatable bonds is 3. The van der Waals surface area contributed by atoms with Crippen LogP contribution in [0.4, 0.5) is 0 Å². The second-order valence-corrected chi connectivity index (χ2v) is 6.55. The zero-order valence-corrected chi connectivity index (χ0v) is 12.8. The third kappa shape index (κ3) is 2.95. The highest BCUT2D eigenvalue weighted by Crippen LogP contribution is 2.28. The Balaban J connectivity index is 1.67. The Morgan fingerprint density at radius 1 is 1.29 bits per heavy atom. The summed E-state index contributed by atoms with van der Waals surface area (Å²) >= 11 is 0. The summed E-state index contributed by atoms with van der Waals surface area (Å²) in [5.41, 5.74) is 0. The summed E-state index contributed by atoms with van der Waals surface area (Å²) in [5, 5.41) is 13.7. The highest BCUT2D eigenvalue weighted by Gasteiger charge is 2.30. The van der Waals surface area contributed by atoms with Crippen molar-refractivity contribution >= 4 is 5.97 Å². The monoisotopic (exact) mass is 292 g/mol. The Hall–Kier alpha value is -1.43. The van der Waals surface area contributed by atoms with E-state index >= 15 is 0 Å². The molecule has 0 amide bonds. The van der Waals surface area contributed by atoms with E-state index in [4.69, 9.17) is 5.11 Å². The largest absolute Gasteiger partial charge is 0.481 e. The molecule has 2 aliphatic rings. The molecule has 0 bridgehead atoms. The lowest BCUT2D eigenvalue weighted by molar-refractivity contribution is -0.142. The molecular weight excluding hydrogens is 268 g/mol. The normalized spacial score (nSPS) is 24.2. The molecule has 0 aromatic carbocycles. The molecule has 1 aromatic heterocycles. The van der Waals surface area contributed by atoms with Crippen LogP contribution in [0.25, 0.3) is 0 Å². The number of aliphatic carboxylic acids is 1. The quantitative estimate of drug-likeness (QED) is 0.914. The van der Waals surface area contributed by atoms with Crippen molar-refractivity contribution in [3.8, 4) is 0 Å². The number of aryl methyl sites for hydroxylation is 1. The molecule has 1 atom stereocenters. The number of carboxylic acids is 1. The maximum Gasteiger partial charge on any atom is 0.308 e. The van der Waals surface area contributed by atoms with E-state index in [-0.39, 0.29) is 5.92 Å². The lowest BCUT2D eigenvalue weighted by Crippen LogP contribution is -2.38. The minimum absolute atomic E-state index is 0.310. The minimum Gasteiger partial charge on any atom is -0.481 e. The fourth-order valence-electron chi connectivity index (χ4n) is 3.38. The van der Waals surface area contributed by atoms with Crippen molar-refractivity contribution < 1.29 is 9.90 Å². The number of carboxylic acid groups (broad SMARTS) is 1. The first-order valence-electron chi connectivity index (χ1n) is 7.95. The van der Waals surface area contributed by atoms with Crippen molar-refractivity contribution in [2.75, 3.05) is 13.1 Å². The average molecular weight is 292 g/mol. The SMILES string of the molecule is CC(C)N1CCC(c2nc3n(n2)CC(C(=O)O)CC3)CC1. The first-order chi connectivity index (χ1) is 10.0. The first kappa shape index (κ1) is 14.5. The van der Waals surface area contributed by atoms with Crippen LogP contribution in [-0.4, -0.2) is 49.9 Å². The van der Waals surface area contributed by atoms with Crippen molar-refractivity contribution in [1.29, 1.82) is 0 Å². The van der Waals surface area contributed by atoms with Crippen molar-refractivity contribution in [1.82, 2.24) is 19.7 Å². The Morgan fingerprint density at radius 2 is 2.00 bits per heavy atom. The summed E-state index contributed by atoms with van der Waals surface area (Å²) in [4.78, 5) is 18.3. The highest BCUT2D eigenvalue weighted by atomic mass is 16.4. The molecule has 0 aliphatic carbocycles. The molecule has 0 spiro atoms. The summed E-state index contributed by atoms with van der Waals surface area (Å²) < 4.78 is 1.83. The third-order valence-electron chi connectivity index (χ3n) is 4.85. The van der Waals surface area contributed by atoms with Gasteiger partial charge in [-0.25, -0.2) is 9.67 Å². The van der Waals surface area contributed by atoms with Crippen LogP contribution in [0.15, 0.2) is 0 Å². The lowest BCUT2D eigenvalue weighted by atomic mass is 9.95. The van der Waals surface area contributed by atoms with Gasteiger partial charge in [-0.15, -0.1) is 0 Å². The zero-order valence-electron chi connectivity index (χ0n) is 12.8. The van der Waals surface area contributed by atoms with Gasteiger partial charge in [0, 0.05) is 18.4 Å². The molecule has 3 rings (SSSR count). The van der Waals surface area contributed by atoms with Crippen LogP contribution < -0.4 is 0 Å². The molecule has 1 saturated heterocycles. The predicted molar refractivity (Wildman–Crippen MR) is 78.2 cm³/mol. The molecular formula is C15H24N4O2. The van der Waals surface area contributed by atoms with Crippen LogP contribution in [0.1, 0.15) is 50.7 Å². The molecule has 2 aliphatic heterocycles. The van der Waals surface area contributed by atoms with E-state index in [0.717, 1.165) is 44.0 Å². The lowest BCUT2D eigenvalue weighted by Gasteiger charge is -2.33. The molecule has 3 heterocycles. The van der Waals surface area contributed by atoms with Gasteiger partial charge in [0.05, 0.1) is 12.5 Å². The van der Waals surface area contributed by atoms with Crippen LogP contribution in [0.3, 0.4) is 0 Å². The molecule has 1 N–H and O–H groups in total. The summed E-state index contributed by atoms with van der Waals surface area (Å²) in [5.74, 6) is 1.30. The molecule has 6 heteroatoms. The summed E-state index contributed by atoms with van der Waals surface area (Å²) in [7, 11) is 0. The van der Waals surface area contributed by atoms with Gasteiger partial charge < -0.3 is 10.0 Å². The van der Waals surface area contributed by atoms with E-state index in [1.165, 1.54) is 0 Å². The number of nitrogens with zero attached hydrogens (tertiary/aromatic N) is 4. The topological polar surface area (TPSA) is 71.2 Å². The molecule has 116 valence electrons. The van der Waals surface area contributed by atoms with E-state index in [2.05, 4.69) is 28.8 Å². The summed E-state index contributed by atoms with van der Waals surface area (Å²) in [6.45, 7) is 7.15. The van der Waals surface area contributed by atoms with Crippen molar-refractivity contribution in [2.45, 2.75) is 58.0 Å². The van der Waals surface area contributed by atoms with Crippen LogP contribution in [0.5, 0.6) is 0 Å². The molecule has 0 saturated carbocycles. The second-order valence-electron chi connectivity index (χ2n) is 6.55. The van der Waals surface area contributed by atoms with Gasteiger partial charge in [-0.3, -0.25) is 4.79 Å². The predicted octanol–water partition coefficient (Wildman–Crippen LogP) is 1.51. The third-order valence-corrected chi connectivity index (χ3v) is 4.85. The van der Waals surface area contributed by atoms with Gasteiger partial charge in [0.2, 0.25) is 0 Å². The molecule has 1 fully saturated rings. The van der Waals surface area contributed by atoms with Gasteiger partial charge >= 0.3 is 5.97 Å². The number of aromatic nitrogens is 3. The van der Waals surface area contributed by atoms with Gasteiger partial charge in [0.1, 0.15) is 5.82 Å². The highest BCUT2D eigenvalue weighted by molar-refractivity contribution is 5.70. The Bertz CT molecular complexity index is 518. The number of fused-ring (bicyclic) bond motifs is 1. The van der Waals surface area contributed by atoms with Gasteiger partial charge in [-0.05, 0) is 46.2 Å². The van der Waals surface area contributed by atoms with Crippen molar-refractivity contribution in [3.63, 3.8) is 0 Å². The molecule has 21 heavy (non-hydrogen) atoms. The fraction of sp³-hybridized carbons (Fsp3) is 0.800. The van der Waals surface area contributed by atoms with E-state index < -0.39 is 5.97 Å².